The fourth-order valence-corrected chi connectivity index (χ4v) is 18.3. The van der Waals surface area contributed by atoms with Crippen molar-refractivity contribution in [2.24, 2.45) is 22.7 Å². The van der Waals surface area contributed by atoms with Gasteiger partial charge in [0.25, 0.3) is 5.97 Å². The Hall–Kier alpha value is -2.27. The van der Waals surface area contributed by atoms with Gasteiger partial charge in [-0.15, -0.1) is 0 Å². The quantitative estimate of drug-likeness (QED) is 0.0811. The van der Waals surface area contributed by atoms with Crippen molar-refractivity contribution >= 4 is 5.97 Å². The van der Waals surface area contributed by atoms with Crippen LogP contribution in [0.15, 0.2) is 30.3 Å². The highest BCUT2D eigenvalue weighted by Gasteiger charge is 2.90. The van der Waals surface area contributed by atoms with E-state index in [1.807, 2.05) is 19.9 Å². The van der Waals surface area contributed by atoms with Crippen LogP contribution in [-0.4, -0.2) is 258 Å². The van der Waals surface area contributed by atoms with Gasteiger partial charge in [0.2, 0.25) is 0 Å². The second-order valence-electron chi connectivity index (χ2n) is 27.6. The predicted octanol–water partition coefficient (Wildman–Crippen LogP) is 1.59. The van der Waals surface area contributed by atoms with Crippen molar-refractivity contribution in [3.8, 4) is 0 Å². The number of fused-ring (bicyclic) bond motifs is 3. The summed E-state index contributed by atoms with van der Waals surface area (Å²) in [6, 6.07) is 8.68. The fraction of sp³-hybridized carbons (Fsp3) is 0.889. The lowest BCUT2D eigenvalue weighted by atomic mass is 9.40. The molecule has 11 fully saturated rings. The van der Waals surface area contributed by atoms with Crippen LogP contribution in [0.1, 0.15) is 129 Å². The number of ether oxygens (including phenoxy) is 17. The zero-order chi connectivity index (χ0) is 63.5. The summed E-state index contributed by atoms with van der Waals surface area (Å²) < 4.78 is 108. The number of hydrogen-bond acceptors (Lipinski definition) is 26. The van der Waals surface area contributed by atoms with Crippen molar-refractivity contribution in [3.05, 3.63) is 35.9 Å². The van der Waals surface area contributed by atoms with E-state index in [1.165, 1.54) is 14.2 Å². The number of carbonyl (C=O) groups excluding carboxylic acids is 1. The van der Waals surface area contributed by atoms with E-state index >= 15 is 0 Å². The minimum atomic E-state index is -1.69. The molecule has 89 heavy (non-hydrogen) atoms. The maximum absolute atomic E-state index is 13.4. The van der Waals surface area contributed by atoms with Gasteiger partial charge in [-0.1, -0.05) is 25.1 Å². The van der Waals surface area contributed by atoms with Crippen molar-refractivity contribution in [3.63, 3.8) is 0 Å². The summed E-state index contributed by atoms with van der Waals surface area (Å²) in [6.45, 7) is 12.3. The molecule has 1 aromatic rings. The third-order valence-corrected chi connectivity index (χ3v) is 22.9. The van der Waals surface area contributed by atoms with Gasteiger partial charge in [-0.2, -0.15) is 0 Å². The van der Waals surface area contributed by atoms with Crippen LogP contribution >= 0.6 is 0 Å². The van der Waals surface area contributed by atoms with E-state index in [4.69, 9.17) is 80.5 Å². The van der Waals surface area contributed by atoms with Crippen molar-refractivity contribution in [1.29, 1.82) is 0 Å². The van der Waals surface area contributed by atoms with Crippen LogP contribution in [-0.2, 0) is 80.5 Å². The molecule has 0 unspecified atom stereocenters. The van der Waals surface area contributed by atoms with Crippen molar-refractivity contribution in [2.45, 2.75) is 295 Å². The zero-order valence-electron chi connectivity index (χ0n) is 52.6. The monoisotopic (exact) mass is 1270 g/mol. The Morgan fingerprint density at radius 2 is 1.22 bits per heavy atom. The number of rotatable bonds is 17. The molecule has 0 radical (unpaired) electrons. The summed E-state index contributed by atoms with van der Waals surface area (Å²) in [4.78, 5) is 13.4. The van der Waals surface area contributed by atoms with Crippen molar-refractivity contribution in [2.75, 3.05) is 34.5 Å². The molecule has 12 rings (SSSR count). The Labute approximate surface area is 519 Å². The molecule has 7 saturated heterocycles. The Balaban J connectivity index is 0.626. The molecule has 7 heterocycles. The van der Waals surface area contributed by atoms with E-state index in [-0.39, 0.29) is 55.6 Å². The zero-order valence-corrected chi connectivity index (χ0v) is 52.6. The predicted molar refractivity (Wildman–Crippen MR) is 302 cm³/mol. The maximum Gasteiger partial charge on any atom is 0.338 e. The summed E-state index contributed by atoms with van der Waals surface area (Å²) >= 11 is 0. The first kappa shape index (κ1) is 66.7. The first-order valence-corrected chi connectivity index (χ1v) is 32.2. The van der Waals surface area contributed by atoms with Gasteiger partial charge in [0, 0.05) is 47.5 Å². The molecule has 2 spiro atoms. The molecular formula is C63H96O26. The smallest absolute Gasteiger partial charge is 0.338 e. The molecular weight excluding hydrogens is 1170 g/mol. The van der Waals surface area contributed by atoms with E-state index in [2.05, 4.69) is 6.92 Å². The van der Waals surface area contributed by atoms with Gasteiger partial charge in [0.1, 0.15) is 83.9 Å². The molecule has 2 bridgehead atoms. The number of hydrogen-bond donors (Lipinski definition) is 8. The third-order valence-electron chi connectivity index (χ3n) is 22.9. The number of aliphatic hydroxyl groups is 8. The second kappa shape index (κ2) is 25.4. The highest BCUT2D eigenvalue weighted by molar-refractivity contribution is 5.89. The molecule has 0 aromatic heterocycles. The fourth-order valence-electron chi connectivity index (χ4n) is 18.3. The molecule has 8 N–H and O–H groups in total. The molecule has 26 nitrogen and oxygen atoms in total. The van der Waals surface area contributed by atoms with E-state index < -0.39 is 188 Å². The topological polar surface area (TPSA) is 336 Å². The third kappa shape index (κ3) is 11.1. The summed E-state index contributed by atoms with van der Waals surface area (Å²) in [7, 11) is 4.48. The summed E-state index contributed by atoms with van der Waals surface area (Å²) in [5.41, 5.74) is -4.99. The van der Waals surface area contributed by atoms with Gasteiger partial charge >= 0.3 is 5.97 Å². The number of aliphatic hydroxyl groups excluding tert-OH is 7. The van der Waals surface area contributed by atoms with Crippen molar-refractivity contribution in [1.82, 2.24) is 0 Å². The van der Waals surface area contributed by atoms with Gasteiger partial charge in [-0.3, -0.25) is 0 Å². The lowest BCUT2D eigenvalue weighted by Crippen LogP contribution is -2.80. The average Bonchev–Trinajstić information content (AvgIpc) is 1.48. The van der Waals surface area contributed by atoms with E-state index in [0.29, 0.717) is 31.2 Å². The van der Waals surface area contributed by atoms with Crippen LogP contribution < -0.4 is 0 Å². The molecule has 4 aliphatic carbocycles. The standard InChI is InChI=1S/C63H96O26/c1-29-50(84-44-24-38(73-8)51(30(2)78-44)85-45-25-39(74-9)52(31(3)79-45)86-57-49(70)54(75-10)53(32(4)80-57)87-56-48(69)47(68)46(67)40(27-64)83-56)37(65)23-43(77-29)82-36-17-18-58(6)35(22-36)16-19-62-41(58)26-42(66)60-28-76-59(7,88-62)89-63(60,62)21-20-61(60,72)33(5)81-55(71)34-14-12-11-13-15-34/h11-15,29-33,35-54,56-57,64-70,72H,16-28H2,1-10H3/t29-,30-,31-,32-,33+,35+,36+,37+,38+,39-,40-,41-,42-,43+,44+,45+,46-,47+,48-,49-,50-,51-,52-,53-,54-,56+,57+,58+,59+,60-,61-,62+,63-/m1/s1. The molecule has 26 heteroatoms. The van der Waals surface area contributed by atoms with Gasteiger partial charge < -0.3 is 121 Å². The highest BCUT2D eigenvalue weighted by Crippen LogP contribution is 2.79. The normalized spacial score (nSPS) is 53.3. The molecule has 11 aliphatic rings. The Bertz CT molecular complexity index is 2580. The van der Waals surface area contributed by atoms with E-state index in [9.17, 15) is 45.6 Å². The Kier molecular flexibility index (Phi) is 19.0. The van der Waals surface area contributed by atoms with Crippen LogP contribution in [0.3, 0.4) is 0 Å². The van der Waals surface area contributed by atoms with Crippen LogP contribution in [0.4, 0.5) is 0 Å². The highest BCUT2D eigenvalue weighted by atomic mass is 16.9. The van der Waals surface area contributed by atoms with Crippen LogP contribution in [0, 0.1) is 22.7 Å². The number of methoxy groups -OCH3 is 3. The maximum atomic E-state index is 13.4. The van der Waals surface area contributed by atoms with Crippen LogP contribution in [0.5, 0.6) is 0 Å². The van der Waals surface area contributed by atoms with Crippen LogP contribution in [0.2, 0.25) is 0 Å². The molecule has 1 aromatic carbocycles. The molecule has 4 saturated carbocycles. The lowest BCUT2D eigenvalue weighted by Gasteiger charge is -2.69. The molecule has 504 valence electrons. The van der Waals surface area contributed by atoms with Gasteiger partial charge in [-0.25, -0.2) is 4.79 Å². The van der Waals surface area contributed by atoms with Gasteiger partial charge in [0.15, 0.2) is 31.5 Å². The minimum Gasteiger partial charge on any atom is -0.456 e. The number of esters is 1. The number of benzene rings is 1. The van der Waals surface area contributed by atoms with Crippen molar-refractivity contribution < 1.29 is 126 Å². The Morgan fingerprint density at radius 3 is 1.87 bits per heavy atom. The Morgan fingerprint density at radius 1 is 0.618 bits per heavy atom. The van der Waals surface area contributed by atoms with E-state index in [1.54, 1.807) is 59.1 Å². The summed E-state index contributed by atoms with van der Waals surface area (Å²) in [5.74, 6) is -1.91. The van der Waals surface area contributed by atoms with E-state index in [0.717, 1.165) is 19.3 Å². The SMILES string of the molecule is CO[C@@H]1[C@@H](O)[C@H](O[C@@H]2[C@@H](C)O[C@@H](O[C@H]3[C@@H](OC)C[C@H](O[C@H]4[C@@H](O)C[C@H](O[C@H]5CC[C@@]6(C)[C@@H](CC[C@]78O[C@]9(C)OC[C@]%10([C@H](O)C[C@H]67)[C@@]8(CC[C@@]%10(O)[C@H](C)OC(=O)c6ccccc6)O9)C5)O[C@@H]4C)O[C@@H]3C)C[C@H]2OC)O[C@H](C)[C@H]1O[C@@H]1O[C@H](CO)[C@@H](O)[C@H](O)[C@H]1O. The average molecular weight is 1270 g/mol. The number of carbonyl (C=O) groups is 1. The summed E-state index contributed by atoms with van der Waals surface area (Å²) in [5, 5.41) is 89.9. The van der Waals surface area contributed by atoms with Gasteiger partial charge in [0.05, 0.1) is 79.1 Å². The van der Waals surface area contributed by atoms with Crippen LogP contribution in [0.25, 0.3) is 0 Å². The second-order valence-corrected chi connectivity index (χ2v) is 27.6. The molecule has 0 amide bonds. The minimum absolute atomic E-state index is 0.0206. The summed E-state index contributed by atoms with van der Waals surface area (Å²) in [6.07, 6.45) is -18.6. The molecule has 7 aliphatic heterocycles. The van der Waals surface area contributed by atoms with Gasteiger partial charge in [-0.05, 0) is 115 Å². The lowest BCUT2D eigenvalue weighted by molar-refractivity contribution is -0.405. The first-order valence-electron chi connectivity index (χ1n) is 32.2. The first-order chi connectivity index (χ1) is 42.3. The largest absolute Gasteiger partial charge is 0.456 e. The molecule has 33 atom stereocenters.